The average molecular weight is 397 g/mol. The van der Waals surface area contributed by atoms with Crippen LogP contribution in [0, 0.1) is 0 Å². The highest BCUT2D eigenvalue weighted by atomic mass is 16.7. The number of ether oxygens (including phenoxy) is 2. The second-order valence-corrected chi connectivity index (χ2v) is 7.34. The van der Waals surface area contributed by atoms with Gasteiger partial charge in [0.05, 0.1) is 12.2 Å². The fourth-order valence-electron chi connectivity index (χ4n) is 3.67. The minimum absolute atomic E-state index is 0.299. The Morgan fingerprint density at radius 2 is 1.57 bits per heavy atom. The zero-order valence-corrected chi connectivity index (χ0v) is 16.6. The monoisotopic (exact) mass is 397 g/mol. The lowest BCUT2D eigenvalue weighted by molar-refractivity contribution is 0.174. The van der Waals surface area contributed by atoms with Gasteiger partial charge in [0.25, 0.3) is 0 Å². The van der Waals surface area contributed by atoms with Crippen LogP contribution in [-0.2, 0) is 19.6 Å². The molecule has 0 saturated carbocycles. The van der Waals surface area contributed by atoms with E-state index in [1.165, 1.54) is 11.1 Å². The maximum absolute atomic E-state index is 5.48. The third-order valence-corrected chi connectivity index (χ3v) is 5.15. The first-order valence-corrected chi connectivity index (χ1v) is 10.1. The Hall–Kier alpha value is -3.57. The molecule has 1 aromatic heterocycles. The van der Waals surface area contributed by atoms with Crippen molar-refractivity contribution in [3.63, 3.8) is 0 Å². The molecule has 1 aliphatic rings. The van der Waals surface area contributed by atoms with Gasteiger partial charge in [0, 0.05) is 30.4 Å². The summed E-state index contributed by atoms with van der Waals surface area (Å²) < 4.78 is 12.9. The molecule has 0 spiro atoms. The van der Waals surface area contributed by atoms with Gasteiger partial charge in [-0.05, 0) is 23.3 Å². The van der Waals surface area contributed by atoms with Gasteiger partial charge in [-0.2, -0.15) is 5.10 Å². The highest BCUT2D eigenvalue weighted by Crippen LogP contribution is 2.32. The highest BCUT2D eigenvalue weighted by Gasteiger charge is 2.14. The number of fused-ring (bicyclic) bond motifs is 1. The van der Waals surface area contributed by atoms with Gasteiger partial charge < -0.3 is 14.8 Å². The Morgan fingerprint density at radius 3 is 2.40 bits per heavy atom. The largest absolute Gasteiger partial charge is 0.454 e. The molecule has 5 rings (SSSR count). The Bertz CT molecular complexity index is 1120. The van der Waals surface area contributed by atoms with Crippen molar-refractivity contribution in [3.05, 3.63) is 102 Å². The molecular weight excluding hydrogens is 374 g/mol. The van der Waals surface area contributed by atoms with Gasteiger partial charge in [-0.15, -0.1) is 0 Å². The third kappa shape index (κ3) is 4.07. The molecule has 150 valence electrons. The molecule has 0 unspecified atom stereocenters. The third-order valence-electron chi connectivity index (χ3n) is 5.15. The first-order chi connectivity index (χ1) is 14.8. The first kappa shape index (κ1) is 18.5. The zero-order chi connectivity index (χ0) is 20.2. The van der Waals surface area contributed by atoms with Crippen LogP contribution in [-0.4, -0.2) is 16.6 Å². The van der Waals surface area contributed by atoms with Gasteiger partial charge in [-0.1, -0.05) is 66.7 Å². The van der Waals surface area contributed by atoms with Crippen LogP contribution in [0.4, 0.5) is 0 Å². The second kappa shape index (κ2) is 8.43. The molecule has 0 bridgehead atoms. The Morgan fingerprint density at radius 1 is 0.800 bits per heavy atom. The summed E-state index contributed by atoms with van der Waals surface area (Å²) in [6, 6.07) is 26.8. The van der Waals surface area contributed by atoms with Crippen molar-refractivity contribution in [2.45, 2.75) is 19.6 Å². The number of hydrogen-bond donors (Lipinski definition) is 1. The summed E-state index contributed by atoms with van der Waals surface area (Å²) in [5.74, 6) is 1.63. The van der Waals surface area contributed by atoms with Crippen LogP contribution in [0.2, 0.25) is 0 Å². The molecule has 0 aliphatic carbocycles. The average Bonchev–Trinajstić information content (AvgIpc) is 3.42. The van der Waals surface area contributed by atoms with E-state index in [0.717, 1.165) is 48.0 Å². The number of nitrogens with zero attached hydrogens (tertiary/aromatic N) is 2. The van der Waals surface area contributed by atoms with E-state index in [-0.39, 0.29) is 0 Å². The van der Waals surface area contributed by atoms with E-state index in [4.69, 9.17) is 14.6 Å². The molecule has 0 radical (unpaired) electrons. The fourth-order valence-corrected chi connectivity index (χ4v) is 3.67. The molecule has 0 saturated heterocycles. The number of nitrogens with one attached hydrogen (secondary N) is 1. The van der Waals surface area contributed by atoms with Gasteiger partial charge in [0.2, 0.25) is 6.79 Å². The number of rotatable bonds is 7. The molecule has 0 atom stereocenters. The number of hydrogen-bond acceptors (Lipinski definition) is 4. The van der Waals surface area contributed by atoms with Crippen LogP contribution in [0.3, 0.4) is 0 Å². The van der Waals surface area contributed by atoms with Gasteiger partial charge in [-0.3, -0.25) is 4.68 Å². The standard InChI is InChI=1S/C25H23N3O2/c1-3-7-19(8-4-1)16-28-17-22(25(27-28)21-9-5-2-6-10-21)15-26-14-20-11-12-23-24(13-20)30-18-29-23/h1-13,17,26H,14-16,18H2. The van der Waals surface area contributed by atoms with Crippen LogP contribution in [0.15, 0.2) is 85.1 Å². The molecule has 2 heterocycles. The summed E-state index contributed by atoms with van der Waals surface area (Å²) in [6.07, 6.45) is 2.14. The smallest absolute Gasteiger partial charge is 0.231 e. The zero-order valence-electron chi connectivity index (χ0n) is 16.6. The first-order valence-electron chi connectivity index (χ1n) is 10.1. The topological polar surface area (TPSA) is 48.3 Å². The van der Waals surface area contributed by atoms with Gasteiger partial charge >= 0.3 is 0 Å². The van der Waals surface area contributed by atoms with Crippen LogP contribution < -0.4 is 14.8 Å². The minimum atomic E-state index is 0.299. The lowest BCUT2D eigenvalue weighted by Crippen LogP contribution is -2.12. The molecule has 4 aromatic rings. The van der Waals surface area contributed by atoms with Crippen molar-refractivity contribution < 1.29 is 9.47 Å². The van der Waals surface area contributed by atoms with Gasteiger partial charge in [0.1, 0.15) is 0 Å². The van der Waals surface area contributed by atoms with E-state index >= 15 is 0 Å². The number of aromatic nitrogens is 2. The van der Waals surface area contributed by atoms with E-state index in [1.807, 2.05) is 28.9 Å². The summed E-state index contributed by atoms with van der Waals surface area (Å²) in [4.78, 5) is 0. The molecule has 0 amide bonds. The summed E-state index contributed by atoms with van der Waals surface area (Å²) in [7, 11) is 0. The molecule has 1 N–H and O–H groups in total. The predicted molar refractivity (Wildman–Crippen MR) is 116 cm³/mol. The lowest BCUT2D eigenvalue weighted by atomic mass is 10.1. The molecule has 1 aliphatic heterocycles. The highest BCUT2D eigenvalue weighted by molar-refractivity contribution is 5.62. The normalized spacial score (nSPS) is 12.3. The van der Waals surface area contributed by atoms with E-state index in [0.29, 0.717) is 6.79 Å². The van der Waals surface area contributed by atoms with Crippen molar-refractivity contribution >= 4 is 0 Å². The quantitative estimate of drug-likeness (QED) is 0.494. The fraction of sp³-hybridized carbons (Fsp3) is 0.160. The van der Waals surface area contributed by atoms with Crippen molar-refractivity contribution in [1.29, 1.82) is 0 Å². The van der Waals surface area contributed by atoms with Crippen molar-refractivity contribution in [2.24, 2.45) is 0 Å². The summed E-state index contributed by atoms with van der Waals surface area (Å²) in [6.45, 7) is 2.53. The van der Waals surface area contributed by atoms with E-state index in [2.05, 4.69) is 66.1 Å². The summed E-state index contributed by atoms with van der Waals surface area (Å²) in [5, 5.41) is 8.44. The van der Waals surface area contributed by atoms with E-state index < -0.39 is 0 Å². The predicted octanol–water partition coefficient (Wildman–Crippen LogP) is 4.62. The molecule has 5 nitrogen and oxygen atoms in total. The second-order valence-electron chi connectivity index (χ2n) is 7.34. The van der Waals surface area contributed by atoms with Gasteiger partial charge in [-0.25, -0.2) is 0 Å². The van der Waals surface area contributed by atoms with Crippen LogP contribution in [0.25, 0.3) is 11.3 Å². The van der Waals surface area contributed by atoms with Crippen LogP contribution >= 0.6 is 0 Å². The van der Waals surface area contributed by atoms with Crippen molar-refractivity contribution in [2.75, 3.05) is 6.79 Å². The Kier molecular flexibility index (Phi) is 5.19. The lowest BCUT2D eigenvalue weighted by Gasteiger charge is -2.06. The van der Waals surface area contributed by atoms with Crippen molar-refractivity contribution in [1.82, 2.24) is 15.1 Å². The molecule has 5 heteroatoms. The summed E-state index contributed by atoms with van der Waals surface area (Å²) in [5.41, 5.74) is 5.73. The molecule has 3 aromatic carbocycles. The van der Waals surface area contributed by atoms with Gasteiger partial charge in [0.15, 0.2) is 11.5 Å². The molecule has 30 heavy (non-hydrogen) atoms. The van der Waals surface area contributed by atoms with Crippen molar-refractivity contribution in [3.8, 4) is 22.8 Å². The molecular formula is C25H23N3O2. The van der Waals surface area contributed by atoms with Crippen LogP contribution in [0.5, 0.6) is 11.5 Å². The minimum Gasteiger partial charge on any atom is -0.454 e. The maximum atomic E-state index is 5.48. The summed E-state index contributed by atoms with van der Waals surface area (Å²) >= 11 is 0. The Labute approximate surface area is 175 Å². The van der Waals surface area contributed by atoms with Crippen LogP contribution in [0.1, 0.15) is 16.7 Å². The SMILES string of the molecule is c1ccc(Cn2cc(CNCc3ccc4c(c3)OCO4)c(-c3ccccc3)n2)cc1. The van der Waals surface area contributed by atoms with E-state index in [9.17, 15) is 0 Å². The maximum Gasteiger partial charge on any atom is 0.231 e. The molecule has 0 fully saturated rings. The Balaban J connectivity index is 1.33. The number of benzene rings is 3. The van der Waals surface area contributed by atoms with E-state index in [1.54, 1.807) is 0 Å².